The van der Waals surface area contributed by atoms with Crippen LogP contribution in [0.15, 0.2) is 0 Å². The van der Waals surface area contributed by atoms with Gasteiger partial charge in [-0.25, -0.2) is 0 Å². The minimum atomic E-state index is -0.236. The van der Waals surface area contributed by atoms with Crippen LogP contribution in [0.2, 0.25) is 0 Å². The Hall–Kier alpha value is -0.610. The number of hydrogen-bond acceptors (Lipinski definition) is 4. The van der Waals surface area contributed by atoms with Crippen LogP contribution in [0.25, 0.3) is 0 Å². The number of hydrogen-bond donors (Lipinski definition) is 1. The highest BCUT2D eigenvalue weighted by Crippen LogP contribution is 2.25. The van der Waals surface area contributed by atoms with Gasteiger partial charge in [-0.1, -0.05) is 0 Å². The van der Waals surface area contributed by atoms with Crippen molar-refractivity contribution in [3.05, 3.63) is 0 Å². The summed E-state index contributed by atoms with van der Waals surface area (Å²) in [5, 5.41) is 8.77. The SMILES string of the molecule is CC(=O)OCCN(CCO)C1CC1. The topological polar surface area (TPSA) is 49.8 Å². The van der Waals surface area contributed by atoms with E-state index < -0.39 is 0 Å². The van der Waals surface area contributed by atoms with E-state index in [1.54, 1.807) is 0 Å². The monoisotopic (exact) mass is 187 g/mol. The normalized spacial score (nSPS) is 16.2. The highest BCUT2D eigenvalue weighted by Gasteiger charge is 2.28. The maximum atomic E-state index is 10.5. The Morgan fingerprint density at radius 1 is 1.54 bits per heavy atom. The van der Waals surface area contributed by atoms with Gasteiger partial charge in [-0.3, -0.25) is 9.69 Å². The average molecular weight is 187 g/mol. The van der Waals surface area contributed by atoms with Crippen LogP contribution in [0.4, 0.5) is 0 Å². The quantitative estimate of drug-likeness (QED) is 0.595. The number of aliphatic hydroxyl groups excluding tert-OH is 1. The van der Waals surface area contributed by atoms with Gasteiger partial charge in [0.25, 0.3) is 0 Å². The van der Waals surface area contributed by atoms with E-state index in [4.69, 9.17) is 9.84 Å². The first-order valence-electron chi connectivity index (χ1n) is 4.72. The Labute approximate surface area is 78.5 Å². The van der Waals surface area contributed by atoms with Crippen molar-refractivity contribution in [1.82, 2.24) is 4.90 Å². The molecule has 0 heterocycles. The predicted octanol–water partition coefficient (Wildman–Crippen LogP) is 0.00620. The zero-order valence-corrected chi connectivity index (χ0v) is 8.03. The lowest BCUT2D eigenvalue weighted by Crippen LogP contribution is -2.32. The van der Waals surface area contributed by atoms with Crippen LogP contribution < -0.4 is 0 Å². The highest BCUT2D eigenvalue weighted by molar-refractivity contribution is 5.65. The maximum Gasteiger partial charge on any atom is 0.302 e. The molecule has 0 amide bonds. The van der Waals surface area contributed by atoms with Gasteiger partial charge in [0.15, 0.2) is 0 Å². The summed E-state index contributed by atoms with van der Waals surface area (Å²) in [4.78, 5) is 12.6. The Bertz CT molecular complexity index is 168. The van der Waals surface area contributed by atoms with E-state index in [0.717, 1.165) is 6.54 Å². The smallest absolute Gasteiger partial charge is 0.302 e. The molecule has 0 aliphatic heterocycles. The number of rotatable bonds is 6. The van der Waals surface area contributed by atoms with E-state index >= 15 is 0 Å². The lowest BCUT2D eigenvalue weighted by molar-refractivity contribution is -0.141. The molecule has 0 aromatic carbocycles. The first-order valence-corrected chi connectivity index (χ1v) is 4.72. The summed E-state index contributed by atoms with van der Waals surface area (Å²) in [6.45, 7) is 3.45. The number of carbonyl (C=O) groups excluding carboxylic acids is 1. The molecule has 4 nitrogen and oxygen atoms in total. The van der Waals surface area contributed by atoms with Crippen molar-refractivity contribution in [2.75, 3.05) is 26.3 Å². The zero-order valence-electron chi connectivity index (χ0n) is 8.03. The molecule has 1 rings (SSSR count). The number of carbonyl (C=O) groups is 1. The van der Waals surface area contributed by atoms with E-state index in [9.17, 15) is 4.79 Å². The zero-order chi connectivity index (χ0) is 9.68. The van der Waals surface area contributed by atoms with E-state index in [-0.39, 0.29) is 12.6 Å². The van der Waals surface area contributed by atoms with Gasteiger partial charge in [0.05, 0.1) is 6.61 Å². The second-order valence-corrected chi connectivity index (χ2v) is 3.33. The molecule has 0 radical (unpaired) electrons. The Kier molecular flexibility index (Phi) is 4.18. The van der Waals surface area contributed by atoms with Crippen LogP contribution >= 0.6 is 0 Å². The summed E-state index contributed by atoms with van der Waals surface area (Å²) in [5.74, 6) is -0.236. The molecule has 1 aliphatic carbocycles. The summed E-state index contributed by atoms with van der Waals surface area (Å²) in [6, 6.07) is 0.614. The molecule has 1 fully saturated rings. The summed E-state index contributed by atoms with van der Waals surface area (Å²) in [5.41, 5.74) is 0. The van der Waals surface area contributed by atoms with Crippen LogP contribution in [0.5, 0.6) is 0 Å². The van der Waals surface area contributed by atoms with Crippen molar-refractivity contribution in [3.8, 4) is 0 Å². The van der Waals surface area contributed by atoms with Gasteiger partial charge in [0, 0.05) is 26.1 Å². The van der Waals surface area contributed by atoms with Crippen molar-refractivity contribution < 1.29 is 14.6 Å². The number of nitrogens with zero attached hydrogens (tertiary/aromatic N) is 1. The molecule has 4 heteroatoms. The average Bonchev–Trinajstić information content (AvgIpc) is 2.84. The van der Waals surface area contributed by atoms with E-state index in [1.807, 2.05) is 0 Å². The van der Waals surface area contributed by atoms with Crippen molar-refractivity contribution in [2.24, 2.45) is 0 Å². The summed E-state index contributed by atoms with van der Waals surface area (Å²) in [6.07, 6.45) is 2.42. The van der Waals surface area contributed by atoms with Crippen LogP contribution in [-0.2, 0) is 9.53 Å². The molecule has 76 valence electrons. The van der Waals surface area contributed by atoms with Crippen LogP contribution in [-0.4, -0.2) is 48.3 Å². The molecule has 1 aliphatic rings. The summed E-state index contributed by atoms with van der Waals surface area (Å²) in [7, 11) is 0. The van der Waals surface area contributed by atoms with Crippen molar-refractivity contribution >= 4 is 5.97 Å². The van der Waals surface area contributed by atoms with Crippen LogP contribution in [0, 0.1) is 0 Å². The summed E-state index contributed by atoms with van der Waals surface area (Å²) >= 11 is 0. The minimum Gasteiger partial charge on any atom is -0.465 e. The lowest BCUT2D eigenvalue weighted by Gasteiger charge is -2.19. The fraction of sp³-hybridized carbons (Fsp3) is 0.889. The first-order chi connectivity index (χ1) is 6.24. The number of ether oxygens (including phenoxy) is 1. The Morgan fingerprint density at radius 3 is 2.69 bits per heavy atom. The van der Waals surface area contributed by atoms with Crippen molar-refractivity contribution in [1.29, 1.82) is 0 Å². The van der Waals surface area contributed by atoms with E-state index in [0.29, 0.717) is 19.2 Å². The van der Waals surface area contributed by atoms with Gasteiger partial charge in [0.1, 0.15) is 6.61 Å². The fourth-order valence-corrected chi connectivity index (χ4v) is 1.35. The van der Waals surface area contributed by atoms with Crippen LogP contribution in [0.1, 0.15) is 19.8 Å². The second kappa shape index (κ2) is 5.19. The van der Waals surface area contributed by atoms with Gasteiger partial charge in [-0.2, -0.15) is 0 Å². The molecule has 0 atom stereocenters. The highest BCUT2D eigenvalue weighted by atomic mass is 16.5. The molecule has 0 bridgehead atoms. The Morgan fingerprint density at radius 2 is 2.23 bits per heavy atom. The molecule has 1 saturated carbocycles. The van der Waals surface area contributed by atoms with Gasteiger partial charge in [0.2, 0.25) is 0 Å². The van der Waals surface area contributed by atoms with Gasteiger partial charge in [-0.05, 0) is 12.8 Å². The standard InChI is InChI=1S/C9H17NO3/c1-8(12)13-7-5-10(4-6-11)9-2-3-9/h9,11H,2-7H2,1H3. The fourth-order valence-electron chi connectivity index (χ4n) is 1.35. The molecule has 1 N–H and O–H groups in total. The van der Waals surface area contributed by atoms with Crippen LogP contribution in [0.3, 0.4) is 0 Å². The van der Waals surface area contributed by atoms with Crippen molar-refractivity contribution in [2.45, 2.75) is 25.8 Å². The minimum absolute atomic E-state index is 0.177. The largest absolute Gasteiger partial charge is 0.465 e. The van der Waals surface area contributed by atoms with E-state index in [1.165, 1.54) is 19.8 Å². The van der Waals surface area contributed by atoms with E-state index in [2.05, 4.69) is 4.90 Å². The molecule has 0 spiro atoms. The molecule has 0 saturated heterocycles. The van der Waals surface area contributed by atoms with Gasteiger partial charge in [-0.15, -0.1) is 0 Å². The predicted molar refractivity (Wildman–Crippen MR) is 48.3 cm³/mol. The first kappa shape index (κ1) is 10.5. The number of esters is 1. The lowest BCUT2D eigenvalue weighted by atomic mass is 10.4. The second-order valence-electron chi connectivity index (χ2n) is 3.33. The molecule has 0 aromatic rings. The molecule has 13 heavy (non-hydrogen) atoms. The maximum absolute atomic E-state index is 10.5. The molecular formula is C9H17NO3. The third kappa shape index (κ3) is 4.24. The van der Waals surface area contributed by atoms with Gasteiger partial charge >= 0.3 is 5.97 Å². The molecule has 0 aromatic heterocycles. The number of aliphatic hydroxyl groups is 1. The third-order valence-corrected chi connectivity index (χ3v) is 2.13. The van der Waals surface area contributed by atoms with Crippen molar-refractivity contribution in [3.63, 3.8) is 0 Å². The molecule has 0 unspecified atom stereocenters. The summed E-state index contributed by atoms with van der Waals surface area (Å²) < 4.78 is 4.83. The third-order valence-electron chi connectivity index (χ3n) is 2.13. The van der Waals surface area contributed by atoms with Gasteiger partial charge < -0.3 is 9.84 Å². The molecular weight excluding hydrogens is 170 g/mol. The Balaban J connectivity index is 2.10.